The van der Waals surface area contributed by atoms with Crippen LogP contribution >= 0.6 is 11.8 Å². The largest absolute Gasteiger partial charge is 0.330 e. The Labute approximate surface area is 60.7 Å². The lowest BCUT2D eigenvalue weighted by Crippen LogP contribution is -2.05. The zero-order valence-electron chi connectivity index (χ0n) is 5.55. The topological polar surface area (TPSA) is 26.0 Å². The lowest BCUT2D eigenvalue weighted by molar-refractivity contribution is 0.948. The number of rotatable bonds is 3. The van der Waals surface area contributed by atoms with E-state index in [1.165, 1.54) is 12.8 Å². The maximum atomic E-state index is 5.37. The summed E-state index contributed by atoms with van der Waals surface area (Å²) in [4.78, 5) is 0. The van der Waals surface area contributed by atoms with Gasteiger partial charge in [-0.2, -0.15) is 11.8 Å². The van der Waals surface area contributed by atoms with Crippen molar-refractivity contribution in [2.75, 3.05) is 12.3 Å². The smallest absolute Gasteiger partial charge is 0.0116 e. The van der Waals surface area contributed by atoms with Crippen LogP contribution < -0.4 is 5.73 Å². The molecule has 1 rings (SSSR count). The molecule has 2 heteroatoms. The van der Waals surface area contributed by atoms with Gasteiger partial charge in [-0.15, -0.1) is 0 Å². The van der Waals surface area contributed by atoms with Crippen LogP contribution in [0.1, 0.15) is 12.8 Å². The number of thioether (sulfide) groups is 1. The Morgan fingerprint density at radius 3 is 2.67 bits per heavy atom. The molecule has 0 fully saturated rings. The molecule has 0 radical (unpaired) electrons. The minimum Gasteiger partial charge on any atom is -0.330 e. The minimum absolute atomic E-state index is 0.821. The van der Waals surface area contributed by atoms with E-state index in [2.05, 4.69) is 12.2 Å². The number of allylic oxidation sites excluding steroid dienone is 2. The fourth-order valence-electron chi connectivity index (χ4n) is 0.963. The average Bonchev–Trinajstić information content (AvgIpc) is 2.34. The number of nitrogens with two attached hydrogens (primary N) is 1. The second-order valence-electron chi connectivity index (χ2n) is 2.22. The molecule has 0 aromatic carbocycles. The van der Waals surface area contributed by atoms with Crippen LogP contribution in [0, 0.1) is 0 Å². The molecule has 1 aliphatic rings. The van der Waals surface area contributed by atoms with Gasteiger partial charge in [0.1, 0.15) is 0 Å². The average molecular weight is 143 g/mol. The molecule has 0 spiro atoms. The first-order valence-electron chi connectivity index (χ1n) is 3.40. The molecule has 0 aliphatic heterocycles. The summed E-state index contributed by atoms with van der Waals surface area (Å²) in [6.45, 7) is 0.821. The van der Waals surface area contributed by atoms with E-state index in [9.17, 15) is 0 Å². The third kappa shape index (κ3) is 2.41. The molecule has 0 saturated carbocycles. The summed E-state index contributed by atoms with van der Waals surface area (Å²) in [5.41, 5.74) is 5.37. The molecule has 0 amide bonds. The van der Waals surface area contributed by atoms with Gasteiger partial charge in [0.2, 0.25) is 0 Å². The third-order valence-corrected chi connectivity index (χ3v) is 2.76. The highest BCUT2D eigenvalue weighted by molar-refractivity contribution is 7.99. The van der Waals surface area contributed by atoms with Gasteiger partial charge in [-0.25, -0.2) is 0 Å². The molecule has 2 N–H and O–H groups in total. The van der Waals surface area contributed by atoms with Gasteiger partial charge in [0, 0.05) is 17.5 Å². The van der Waals surface area contributed by atoms with Crippen LogP contribution in [0.2, 0.25) is 0 Å². The van der Waals surface area contributed by atoms with Gasteiger partial charge < -0.3 is 5.73 Å². The van der Waals surface area contributed by atoms with Gasteiger partial charge in [0.05, 0.1) is 0 Å². The molecular formula is C7H13NS. The van der Waals surface area contributed by atoms with Gasteiger partial charge in [-0.05, 0) is 12.8 Å². The van der Waals surface area contributed by atoms with E-state index in [1.807, 2.05) is 11.8 Å². The highest BCUT2D eigenvalue weighted by Gasteiger charge is 2.08. The molecule has 9 heavy (non-hydrogen) atoms. The summed E-state index contributed by atoms with van der Waals surface area (Å²) in [6, 6.07) is 0. The monoisotopic (exact) mass is 143 g/mol. The lowest BCUT2D eigenvalue weighted by atomic mass is 10.3. The molecule has 1 nitrogen and oxygen atoms in total. The van der Waals surface area contributed by atoms with Gasteiger partial charge in [0.25, 0.3) is 0 Å². The van der Waals surface area contributed by atoms with E-state index in [-0.39, 0.29) is 0 Å². The number of hydrogen-bond donors (Lipinski definition) is 1. The first-order chi connectivity index (χ1) is 4.43. The third-order valence-electron chi connectivity index (χ3n) is 1.44. The van der Waals surface area contributed by atoms with Crippen LogP contribution in [0.15, 0.2) is 12.2 Å². The Morgan fingerprint density at radius 1 is 1.44 bits per heavy atom. The van der Waals surface area contributed by atoms with Crippen LogP contribution in [0.4, 0.5) is 0 Å². The Bertz CT molecular complexity index is 93.1. The molecule has 0 aromatic rings. The van der Waals surface area contributed by atoms with Crippen LogP contribution in [-0.2, 0) is 0 Å². The van der Waals surface area contributed by atoms with Crippen molar-refractivity contribution in [3.63, 3.8) is 0 Å². The van der Waals surface area contributed by atoms with E-state index in [0.29, 0.717) is 0 Å². The highest BCUT2D eigenvalue weighted by Crippen LogP contribution is 2.23. The van der Waals surface area contributed by atoms with Gasteiger partial charge in [-0.1, -0.05) is 12.2 Å². The summed E-state index contributed by atoms with van der Waals surface area (Å²) in [6.07, 6.45) is 7.03. The van der Waals surface area contributed by atoms with E-state index >= 15 is 0 Å². The summed E-state index contributed by atoms with van der Waals surface area (Å²) in [5.74, 6) is 1.12. The Balaban J connectivity index is 2.01. The van der Waals surface area contributed by atoms with Gasteiger partial charge in [-0.3, -0.25) is 0 Å². The van der Waals surface area contributed by atoms with E-state index < -0.39 is 0 Å². The van der Waals surface area contributed by atoms with Crippen LogP contribution in [0.3, 0.4) is 0 Å². The molecule has 0 heterocycles. The second kappa shape index (κ2) is 3.96. The molecule has 1 aliphatic carbocycles. The molecule has 0 bridgehead atoms. The maximum Gasteiger partial charge on any atom is 0.0116 e. The zero-order chi connectivity index (χ0) is 6.53. The Kier molecular flexibility index (Phi) is 3.15. The maximum absolute atomic E-state index is 5.37. The lowest BCUT2D eigenvalue weighted by Gasteiger charge is -2.05. The van der Waals surface area contributed by atoms with Crippen molar-refractivity contribution >= 4 is 11.8 Å². The summed E-state index contributed by atoms with van der Waals surface area (Å²) < 4.78 is 0. The minimum atomic E-state index is 0.821. The molecule has 0 aromatic heterocycles. The second-order valence-corrected chi connectivity index (χ2v) is 3.63. The standard InChI is InChI=1S/C7H13NS/c8-5-6-9-7-3-1-2-4-7/h1-2,7H,3-6,8H2. The fourth-order valence-corrected chi connectivity index (χ4v) is 1.93. The van der Waals surface area contributed by atoms with Crippen molar-refractivity contribution < 1.29 is 0 Å². The quantitative estimate of drug-likeness (QED) is 0.604. The molecule has 0 atom stereocenters. The van der Waals surface area contributed by atoms with Crippen molar-refractivity contribution in [3.05, 3.63) is 12.2 Å². The molecular weight excluding hydrogens is 130 g/mol. The van der Waals surface area contributed by atoms with Gasteiger partial charge >= 0.3 is 0 Å². The summed E-state index contributed by atoms with van der Waals surface area (Å²) >= 11 is 2.00. The fraction of sp³-hybridized carbons (Fsp3) is 0.714. The van der Waals surface area contributed by atoms with Crippen LogP contribution in [0.5, 0.6) is 0 Å². The summed E-state index contributed by atoms with van der Waals surface area (Å²) in [5, 5.41) is 0.841. The zero-order valence-corrected chi connectivity index (χ0v) is 6.36. The Morgan fingerprint density at radius 2 is 2.11 bits per heavy atom. The normalized spacial score (nSPS) is 19.2. The first-order valence-corrected chi connectivity index (χ1v) is 4.45. The summed E-state index contributed by atoms with van der Waals surface area (Å²) in [7, 11) is 0. The van der Waals surface area contributed by atoms with Crippen molar-refractivity contribution in [1.82, 2.24) is 0 Å². The Hall–Kier alpha value is 0.0500. The van der Waals surface area contributed by atoms with Crippen molar-refractivity contribution in [3.8, 4) is 0 Å². The van der Waals surface area contributed by atoms with Crippen LogP contribution in [0.25, 0.3) is 0 Å². The van der Waals surface area contributed by atoms with Crippen LogP contribution in [-0.4, -0.2) is 17.5 Å². The highest BCUT2D eigenvalue weighted by atomic mass is 32.2. The molecule has 52 valence electrons. The molecule has 0 unspecified atom stereocenters. The van der Waals surface area contributed by atoms with Crippen molar-refractivity contribution in [1.29, 1.82) is 0 Å². The van der Waals surface area contributed by atoms with E-state index in [4.69, 9.17) is 5.73 Å². The van der Waals surface area contributed by atoms with E-state index in [0.717, 1.165) is 17.5 Å². The van der Waals surface area contributed by atoms with E-state index in [1.54, 1.807) is 0 Å². The van der Waals surface area contributed by atoms with Crippen molar-refractivity contribution in [2.45, 2.75) is 18.1 Å². The van der Waals surface area contributed by atoms with Gasteiger partial charge in [0.15, 0.2) is 0 Å². The first kappa shape index (κ1) is 7.16. The SMILES string of the molecule is NCCSC1CC=CC1. The van der Waals surface area contributed by atoms with Crippen molar-refractivity contribution in [2.24, 2.45) is 5.73 Å². The predicted octanol–water partition coefficient (Wildman–Crippen LogP) is 1.40. The predicted molar refractivity (Wildman–Crippen MR) is 43.7 cm³/mol. The molecule has 0 saturated heterocycles. The number of hydrogen-bond acceptors (Lipinski definition) is 2.